The predicted octanol–water partition coefficient (Wildman–Crippen LogP) is 3.06. The number of hydrogen-bond acceptors (Lipinski definition) is 4. The Morgan fingerprint density at radius 2 is 1.88 bits per heavy atom. The molecule has 0 bridgehead atoms. The van der Waals surface area contributed by atoms with E-state index in [0.717, 1.165) is 21.7 Å². The van der Waals surface area contributed by atoms with Crippen LogP contribution in [0, 0.1) is 6.92 Å². The highest BCUT2D eigenvalue weighted by molar-refractivity contribution is 7.18. The number of nitrogens with zero attached hydrogens (tertiary/aromatic N) is 3. The quantitative estimate of drug-likeness (QED) is 0.641. The molecule has 78 valence electrons. The molecule has 4 heteroatoms. The molecule has 0 spiro atoms. The zero-order chi connectivity index (χ0) is 11.0. The van der Waals surface area contributed by atoms with E-state index in [-0.39, 0.29) is 0 Å². The highest BCUT2D eigenvalue weighted by Gasteiger charge is 2.03. The topological polar surface area (TPSA) is 38.7 Å². The maximum absolute atomic E-state index is 4.48. The molecule has 0 atom stereocenters. The third kappa shape index (κ3) is 1.57. The standard InChI is InChI=1S/C12H9N3S/c1-8-15-11-4-9(2-3-12(11)16-8)10-5-13-7-14-6-10/h2-7H,1H3. The summed E-state index contributed by atoms with van der Waals surface area (Å²) in [5.41, 5.74) is 3.18. The molecule has 0 saturated carbocycles. The number of aromatic nitrogens is 3. The van der Waals surface area contributed by atoms with Gasteiger partial charge in [-0.3, -0.25) is 0 Å². The molecule has 3 aromatic rings. The zero-order valence-electron chi connectivity index (χ0n) is 8.71. The summed E-state index contributed by atoms with van der Waals surface area (Å²) in [4.78, 5) is 12.5. The molecule has 0 unspecified atom stereocenters. The third-order valence-electron chi connectivity index (χ3n) is 2.39. The molecule has 0 radical (unpaired) electrons. The highest BCUT2D eigenvalue weighted by Crippen LogP contribution is 2.26. The van der Waals surface area contributed by atoms with Crippen molar-refractivity contribution in [2.24, 2.45) is 0 Å². The van der Waals surface area contributed by atoms with Crippen molar-refractivity contribution in [3.8, 4) is 11.1 Å². The van der Waals surface area contributed by atoms with Crippen LogP contribution in [0.25, 0.3) is 21.3 Å². The molecule has 0 saturated heterocycles. The van der Waals surface area contributed by atoms with Crippen molar-refractivity contribution in [1.29, 1.82) is 0 Å². The Balaban J connectivity index is 2.18. The smallest absolute Gasteiger partial charge is 0.115 e. The van der Waals surface area contributed by atoms with Gasteiger partial charge in [-0.05, 0) is 24.6 Å². The summed E-state index contributed by atoms with van der Waals surface area (Å²) in [6.45, 7) is 2.02. The maximum atomic E-state index is 4.48. The molecule has 3 nitrogen and oxygen atoms in total. The van der Waals surface area contributed by atoms with Gasteiger partial charge in [0.05, 0.1) is 15.2 Å². The van der Waals surface area contributed by atoms with Crippen LogP contribution >= 0.6 is 11.3 Å². The summed E-state index contributed by atoms with van der Waals surface area (Å²) in [6.07, 6.45) is 5.16. The van der Waals surface area contributed by atoms with Crippen molar-refractivity contribution in [2.75, 3.05) is 0 Å². The summed E-state index contributed by atoms with van der Waals surface area (Å²) < 4.78 is 1.22. The average molecular weight is 227 g/mol. The summed E-state index contributed by atoms with van der Waals surface area (Å²) in [5, 5.41) is 1.09. The van der Waals surface area contributed by atoms with Crippen molar-refractivity contribution in [1.82, 2.24) is 15.0 Å². The van der Waals surface area contributed by atoms with Gasteiger partial charge >= 0.3 is 0 Å². The summed E-state index contributed by atoms with van der Waals surface area (Å²) >= 11 is 1.71. The molecule has 2 aromatic heterocycles. The van der Waals surface area contributed by atoms with Crippen molar-refractivity contribution in [3.05, 3.63) is 41.9 Å². The van der Waals surface area contributed by atoms with Crippen LogP contribution < -0.4 is 0 Å². The Morgan fingerprint density at radius 1 is 1.06 bits per heavy atom. The molecule has 0 aliphatic carbocycles. The molecule has 16 heavy (non-hydrogen) atoms. The predicted molar refractivity (Wildman–Crippen MR) is 65.4 cm³/mol. The first kappa shape index (κ1) is 9.42. The minimum Gasteiger partial charge on any atom is -0.244 e. The fourth-order valence-electron chi connectivity index (χ4n) is 1.67. The lowest BCUT2D eigenvalue weighted by molar-refractivity contribution is 1.17. The number of aryl methyl sites for hydroxylation is 1. The second-order valence-electron chi connectivity index (χ2n) is 3.54. The Morgan fingerprint density at radius 3 is 2.69 bits per heavy atom. The lowest BCUT2D eigenvalue weighted by atomic mass is 10.1. The van der Waals surface area contributed by atoms with Gasteiger partial charge in [-0.25, -0.2) is 15.0 Å². The molecular formula is C12H9N3S. The van der Waals surface area contributed by atoms with Gasteiger partial charge in [0.25, 0.3) is 0 Å². The largest absolute Gasteiger partial charge is 0.244 e. The fraction of sp³-hybridized carbons (Fsp3) is 0.0833. The Labute approximate surface area is 96.8 Å². The van der Waals surface area contributed by atoms with Crippen LogP contribution in [-0.4, -0.2) is 15.0 Å². The first-order valence-corrected chi connectivity index (χ1v) is 5.77. The van der Waals surface area contributed by atoms with Crippen LogP contribution in [0.4, 0.5) is 0 Å². The van der Waals surface area contributed by atoms with E-state index in [4.69, 9.17) is 0 Å². The maximum Gasteiger partial charge on any atom is 0.115 e. The molecular weight excluding hydrogens is 218 g/mol. The monoisotopic (exact) mass is 227 g/mol. The van der Waals surface area contributed by atoms with E-state index in [9.17, 15) is 0 Å². The molecule has 0 aliphatic rings. The first-order valence-electron chi connectivity index (χ1n) is 4.95. The van der Waals surface area contributed by atoms with E-state index in [1.807, 2.05) is 19.3 Å². The van der Waals surface area contributed by atoms with Crippen LogP contribution in [0.5, 0.6) is 0 Å². The lowest BCUT2D eigenvalue weighted by Crippen LogP contribution is -1.81. The third-order valence-corrected chi connectivity index (χ3v) is 3.34. The number of thiazole rings is 1. The van der Waals surface area contributed by atoms with E-state index in [1.165, 1.54) is 11.0 Å². The van der Waals surface area contributed by atoms with E-state index in [0.29, 0.717) is 0 Å². The van der Waals surface area contributed by atoms with Crippen molar-refractivity contribution in [3.63, 3.8) is 0 Å². The van der Waals surface area contributed by atoms with Gasteiger partial charge in [0.2, 0.25) is 0 Å². The Kier molecular flexibility index (Phi) is 2.15. The van der Waals surface area contributed by atoms with E-state index in [1.54, 1.807) is 11.3 Å². The summed E-state index contributed by atoms with van der Waals surface area (Å²) in [7, 11) is 0. The second kappa shape index (κ2) is 3.64. The zero-order valence-corrected chi connectivity index (χ0v) is 9.53. The fourth-order valence-corrected chi connectivity index (χ4v) is 2.48. The molecule has 0 amide bonds. The average Bonchev–Trinajstić information content (AvgIpc) is 2.69. The normalized spacial score (nSPS) is 10.8. The van der Waals surface area contributed by atoms with E-state index >= 15 is 0 Å². The molecule has 0 aliphatic heterocycles. The Bertz CT molecular complexity index is 631. The number of hydrogen-bond donors (Lipinski definition) is 0. The van der Waals surface area contributed by atoms with Gasteiger partial charge in [0.15, 0.2) is 0 Å². The Hall–Kier alpha value is -1.81. The molecule has 2 heterocycles. The van der Waals surface area contributed by atoms with E-state index < -0.39 is 0 Å². The second-order valence-corrected chi connectivity index (χ2v) is 4.78. The van der Waals surface area contributed by atoms with Gasteiger partial charge < -0.3 is 0 Å². The summed E-state index contributed by atoms with van der Waals surface area (Å²) in [5.74, 6) is 0. The van der Waals surface area contributed by atoms with Gasteiger partial charge in [-0.2, -0.15) is 0 Å². The minimum absolute atomic E-state index is 1.02. The van der Waals surface area contributed by atoms with Crippen LogP contribution in [0.2, 0.25) is 0 Å². The van der Waals surface area contributed by atoms with Crippen LogP contribution in [-0.2, 0) is 0 Å². The lowest BCUT2D eigenvalue weighted by Gasteiger charge is -1.99. The molecule has 1 aromatic carbocycles. The highest BCUT2D eigenvalue weighted by atomic mass is 32.1. The van der Waals surface area contributed by atoms with Crippen LogP contribution in [0.1, 0.15) is 5.01 Å². The molecule has 0 fully saturated rings. The molecule has 3 rings (SSSR count). The SMILES string of the molecule is Cc1nc2cc(-c3cncnc3)ccc2s1. The number of benzene rings is 1. The number of rotatable bonds is 1. The minimum atomic E-state index is 1.02. The van der Waals surface area contributed by atoms with Gasteiger partial charge in [0, 0.05) is 18.0 Å². The first-order chi connectivity index (χ1) is 7.83. The van der Waals surface area contributed by atoms with Crippen molar-refractivity contribution >= 4 is 21.6 Å². The van der Waals surface area contributed by atoms with Crippen LogP contribution in [0.15, 0.2) is 36.9 Å². The van der Waals surface area contributed by atoms with Gasteiger partial charge in [0.1, 0.15) is 6.33 Å². The number of fused-ring (bicyclic) bond motifs is 1. The van der Waals surface area contributed by atoms with Crippen LogP contribution in [0.3, 0.4) is 0 Å². The van der Waals surface area contributed by atoms with E-state index in [2.05, 4.69) is 33.2 Å². The molecule has 0 N–H and O–H groups in total. The van der Waals surface area contributed by atoms with Gasteiger partial charge in [-0.15, -0.1) is 11.3 Å². The van der Waals surface area contributed by atoms with Crippen molar-refractivity contribution in [2.45, 2.75) is 6.92 Å². The van der Waals surface area contributed by atoms with Gasteiger partial charge in [-0.1, -0.05) is 6.07 Å². The van der Waals surface area contributed by atoms with Crippen molar-refractivity contribution < 1.29 is 0 Å². The summed E-state index contributed by atoms with van der Waals surface area (Å²) in [6, 6.07) is 6.26.